The molecule has 43 heavy (non-hydrogen) atoms. The van der Waals surface area contributed by atoms with Crippen molar-refractivity contribution in [3.8, 4) is 5.75 Å². The predicted molar refractivity (Wildman–Crippen MR) is 160 cm³/mol. The summed E-state index contributed by atoms with van der Waals surface area (Å²) in [5.74, 6) is 0.194. The Morgan fingerprint density at radius 1 is 1.05 bits per heavy atom. The van der Waals surface area contributed by atoms with Gasteiger partial charge in [0.15, 0.2) is 0 Å². The van der Waals surface area contributed by atoms with E-state index in [1.807, 2.05) is 20.8 Å². The molecule has 8 nitrogen and oxygen atoms in total. The van der Waals surface area contributed by atoms with Crippen molar-refractivity contribution in [2.75, 3.05) is 32.6 Å². The number of likely N-dealkylation sites (tertiary alicyclic amines) is 1. The average Bonchev–Trinajstić information content (AvgIpc) is 2.94. The number of carbonyl (C=O) groups excluding carboxylic acids is 2. The largest absolute Gasteiger partial charge is 0.495 e. The van der Waals surface area contributed by atoms with Gasteiger partial charge in [-0.3, -0.25) is 9.59 Å². The lowest BCUT2D eigenvalue weighted by molar-refractivity contribution is -0.139. The van der Waals surface area contributed by atoms with Crippen molar-refractivity contribution in [2.24, 2.45) is 17.3 Å². The Labute approximate surface area is 252 Å². The van der Waals surface area contributed by atoms with E-state index >= 15 is 0 Å². The van der Waals surface area contributed by atoms with Gasteiger partial charge in [0.1, 0.15) is 11.5 Å². The van der Waals surface area contributed by atoms with Gasteiger partial charge in [-0.25, -0.2) is 9.97 Å². The Morgan fingerprint density at radius 3 is 2.35 bits per heavy atom. The molecule has 4 rings (SSSR count). The lowest BCUT2D eigenvalue weighted by atomic mass is 9.72. The summed E-state index contributed by atoms with van der Waals surface area (Å²) in [6.07, 6.45) is 1.88. The number of nitrogens with one attached hydrogen (secondary N) is 2. The first kappa shape index (κ1) is 32.7. The fourth-order valence-electron chi connectivity index (χ4n) is 5.96. The van der Waals surface area contributed by atoms with Gasteiger partial charge >= 0.3 is 6.18 Å². The number of ether oxygens (including phenoxy) is 1. The van der Waals surface area contributed by atoms with Crippen LogP contribution in [0.5, 0.6) is 5.75 Å². The monoisotopic (exact) mass is 603 g/mol. The van der Waals surface area contributed by atoms with E-state index in [9.17, 15) is 22.8 Å². The lowest BCUT2D eigenvalue weighted by Gasteiger charge is -2.33. The fourth-order valence-corrected chi connectivity index (χ4v) is 5.96. The van der Waals surface area contributed by atoms with Crippen molar-refractivity contribution in [1.82, 2.24) is 20.2 Å². The maximum absolute atomic E-state index is 14.0. The molecular weight excluding hydrogens is 559 g/mol. The van der Waals surface area contributed by atoms with Crippen LogP contribution >= 0.6 is 0 Å². The molecule has 2 heterocycles. The number of halogens is 3. The van der Waals surface area contributed by atoms with Gasteiger partial charge in [0.25, 0.3) is 5.91 Å². The number of carbonyl (C=O) groups is 2. The highest BCUT2D eigenvalue weighted by Gasteiger charge is 2.38. The highest BCUT2D eigenvalue weighted by Crippen LogP contribution is 2.39. The summed E-state index contributed by atoms with van der Waals surface area (Å²) in [6, 6.07) is 4.97. The maximum Gasteiger partial charge on any atom is 0.419 e. The summed E-state index contributed by atoms with van der Waals surface area (Å²) in [6.45, 7) is 7.46. The Morgan fingerprint density at radius 2 is 1.72 bits per heavy atom. The Hall–Kier alpha value is -3.21. The van der Waals surface area contributed by atoms with Gasteiger partial charge in [0.05, 0.1) is 24.1 Å². The van der Waals surface area contributed by atoms with Crippen LogP contribution in [-0.2, 0) is 17.4 Å². The minimum Gasteiger partial charge on any atom is -0.495 e. The first-order valence-electron chi connectivity index (χ1n) is 15.2. The fraction of sp³-hybridized carbons (Fsp3) is 0.625. The molecule has 2 N–H and O–H groups in total. The van der Waals surface area contributed by atoms with E-state index in [4.69, 9.17) is 4.74 Å². The van der Waals surface area contributed by atoms with Gasteiger partial charge in [-0.15, -0.1) is 0 Å². The summed E-state index contributed by atoms with van der Waals surface area (Å²) < 4.78 is 47.6. The molecule has 0 unspecified atom stereocenters. The summed E-state index contributed by atoms with van der Waals surface area (Å²) in [5.41, 5.74) is -0.595. The standard InChI is InChI=1S/C32H44F3N5O3/c1-31(2,3)28(41)18-21-9-7-6-8-20(21)16-26-24(32(33,34)35)19-36-30(39-26)38-25-11-10-22(17-27(25)43-5)29(42)37-23-12-14-40(4)15-13-23/h10-11,17,19-21,23H,6-9,12-16,18H2,1-5H3,(H,37,42)(H,36,38,39)/t20-,21-/m0/s1. The number of rotatable bonds is 9. The molecule has 1 aliphatic heterocycles. The summed E-state index contributed by atoms with van der Waals surface area (Å²) in [7, 11) is 3.52. The van der Waals surface area contributed by atoms with Crippen molar-refractivity contribution in [3.63, 3.8) is 0 Å². The zero-order valence-electron chi connectivity index (χ0n) is 25.8. The van der Waals surface area contributed by atoms with Gasteiger partial charge in [0, 0.05) is 29.6 Å². The molecule has 1 aromatic heterocycles. The highest BCUT2D eigenvalue weighted by molar-refractivity contribution is 5.95. The molecule has 2 aromatic rings. The number of ketones is 1. The smallest absolute Gasteiger partial charge is 0.419 e. The molecule has 2 aliphatic rings. The number of aromatic nitrogens is 2. The van der Waals surface area contributed by atoms with E-state index in [-0.39, 0.29) is 47.6 Å². The molecule has 11 heteroatoms. The van der Waals surface area contributed by atoms with Crippen molar-refractivity contribution in [3.05, 3.63) is 41.2 Å². The van der Waals surface area contributed by atoms with Crippen molar-refractivity contribution in [1.29, 1.82) is 0 Å². The number of nitrogens with zero attached hydrogens (tertiary/aromatic N) is 3. The molecule has 2 fully saturated rings. The number of hydrogen-bond acceptors (Lipinski definition) is 7. The molecule has 1 aromatic carbocycles. The molecule has 0 bridgehead atoms. The van der Waals surface area contributed by atoms with E-state index < -0.39 is 17.2 Å². The SMILES string of the molecule is COc1cc(C(=O)NC2CCN(C)CC2)ccc1Nc1ncc(C(F)(F)F)c(C[C@@H]2CCCC[C@H]2CC(=O)C(C)(C)C)n1. The minimum absolute atomic E-state index is 0.00274. The predicted octanol–water partition coefficient (Wildman–Crippen LogP) is 6.43. The lowest BCUT2D eigenvalue weighted by Crippen LogP contribution is -2.43. The molecular formula is C32H44F3N5O3. The highest BCUT2D eigenvalue weighted by atomic mass is 19.4. The number of amides is 1. The van der Waals surface area contributed by atoms with Crippen LogP contribution in [0.2, 0.25) is 0 Å². The van der Waals surface area contributed by atoms with Crippen LogP contribution in [0.4, 0.5) is 24.8 Å². The molecule has 1 amide bonds. The van der Waals surface area contributed by atoms with E-state index in [0.717, 1.165) is 57.8 Å². The first-order chi connectivity index (χ1) is 20.2. The summed E-state index contributed by atoms with van der Waals surface area (Å²) in [4.78, 5) is 36.2. The third-order valence-corrected chi connectivity index (χ3v) is 8.74. The van der Waals surface area contributed by atoms with Crippen molar-refractivity contribution < 1.29 is 27.5 Å². The van der Waals surface area contributed by atoms with Crippen LogP contribution in [0.15, 0.2) is 24.4 Å². The number of hydrogen-bond donors (Lipinski definition) is 2. The van der Waals surface area contributed by atoms with Crippen LogP contribution in [0, 0.1) is 17.3 Å². The second kappa shape index (κ2) is 13.6. The number of anilines is 2. The molecule has 1 saturated carbocycles. The second-order valence-corrected chi connectivity index (χ2v) is 13.0. The number of piperidine rings is 1. The Bertz CT molecular complexity index is 1290. The number of alkyl halides is 3. The molecule has 0 radical (unpaired) electrons. The first-order valence-corrected chi connectivity index (χ1v) is 15.2. The van der Waals surface area contributed by atoms with Crippen LogP contribution in [0.3, 0.4) is 0 Å². The van der Waals surface area contributed by atoms with Gasteiger partial charge < -0.3 is 20.3 Å². The quantitative estimate of drug-likeness (QED) is 0.341. The number of Topliss-reactive ketones (excluding diaryl/α,β-unsaturated/α-hetero) is 1. The third kappa shape index (κ3) is 8.68. The molecule has 2 atom stereocenters. The van der Waals surface area contributed by atoms with Gasteiger partial charge in [-0.1, -0.05) is 33.6 Å². The maximum atomic E-state index is 14.0. The topological polar surface area (TPSA) is 96.5 Å². The second-order valence-electron chi connectivity index (χ2n) is 13.0. The molecule has 1 aliphatic carbocycles. The van der Waals surface area contributed by atoms with E-state index in [2.05, 4.69) is 32.5 Å². The summed E-state index contributed by atoms with van der Waals surface area (Å²) >= 11 is 0. The van der Waals surface area contributed by atoms with Gasteiger partial charge in [-0.2, -0.15) is 13.2 Å². The van der Waals surface area contributed by atoms with Crippen LogP contribution in [0.25, 0.3) is 0 Å². The van der Waals surface area contributed by atoms with E-state index in [1.54, 1.807) is 18.2 Å². The molecule has 236 valence electrons. The third-order valence-electron chi connectivity index (χ3n) is 8.74. The van der Waals surface area contributed by atoms with E-state index in [0.29, 0.717) is 23.4 Å². The van der Waals surface area contributed by atoms with Gasteiger partial charge in [0.2, 0.25) is 5.95 Å². The Balaban J connectivity index is 1.53. The van der Waals surface area contributed by atoms with Gasteiger partial charge in [-0.05, 0) is 82.3 Å². The molecule has 1 saturated heterocycles. The zero-order valence-corrected chi connectivity index (χ0v) is 25.8. The average molecular weight is 604 g/mol. The Kier molecular flexibility index (Phi) is 10.4. The summed E-state index contributed by atoms with van der Waals surface area (Å²) in [5, 5.41) is 6.06. The van der Waals surface area contributed by atoms with Crippen molar-refractivity contribution in [2.45, 2.75) is 84.4 Å². The normalized spacial score (nSPS) is 20.5. The van der Waals surface area contributed by atoms with Crippen LogP contribution in [0.1, 0.15) is 87.3 Å². The minimum atomic E-state index is -4.61. The van der Waals surface area contributed by atoms with E-state index in [1.165, 1.54) is 7.11 Å². The molecule has 0 spiro atoms. The zero-order chi connectivity index (χ0) is 31.4. The number of benzene rings is 1. The van der Waals surface area contributed by atoms with Crippen molar-refractivity contribution >= 4 is 23.3 Å². The van der Waals surface area contributed by atoms with Crippen LogP contribution in [-0.4, -0.2) is 59.8 Å². The number of methoxy groups -OCH3 is 1. The van der Waals surface area contributed by atoms with Crippen LogP contribution < -0.4 is 15.4 Å².